The fourth-order valence-electron chi connectivity index (χ4n) is 2.30. The Labute approximate surface area is 136 Å². The number of primary amides is 1. The zero-order chi connectivity index (χ0) is 17.9. The molecule has 1 aromatic heterocycles. The van der Waals surface area contributed by atoms with Gasteiger partial charge in [0.2, 0.25) is 5.91 Å². The monoisotopic (exact) mass is 333 g/mol. The molecule has 0 saturated carbocycles. The van der Waals surface area contributed by atoms with Crippen LogP contribution in [0.5, 0.6) is 0 Å². The fourth-order valence-corrected chi connectivity index (χ4v) is 2.30. The number of fused-ring (bicyclic) bond motifs is 1. The first-order chi connectivity index (χ1) is 11.3. The summed E-state index contributed by atoms with van der Waals surface area (Å²) in [6.45, 7) is 1.67. The third-order valence-corrected chi connectivity index (χ3v) is 3.43. The number of halogens is 1. The summed E-state index contributed by atoms with van der Waals surface area (Å²) >= 11 is 0. The molecule has 1 unspecified atom stereocenters. The fraction of sp³-hybridized carbons (Fsp3) is 0.250. The first kappa shape index (κ1) is 17.3. The highest BCUT2D eigenvalue weighted by Crippen LogP contribution is 2.20. The van der Waals surface area contributed by atoms with Crippen LogP contribution < -0.4 is 11.1 Å². The second-order valence-corrected chi connectivity index (χ2v) is 5.34. The molecule has 2 amide bonds. The summed E-state index contributed by atoms with van der Waals surface area (Å²) in [5.74, 6) is -3.17. The zero-order valence-electron chi connectivity index (χ0n) is 12.9. The first-order valence-electron chi connectivity index (χ1n) is 7.17. The van der Waals surface area contributed by atoms with Crippen molar-refractivity contribution in [3.63, 3.8) is 0 Å². The van der Waals surface area contributed by atoms with Gasteiger partial charge < -0.3 is 16.2 Å². The van der Waals surface area contributed by atoms with Crippen LogP contribution in [0.15, 0.2) is 24.3 Å². The summed E-state index contributed by atoms with van der Waals surface area (Å²) in [7, 11) is 0. The number of aromatic nitrogens is 1. The summed E-state index contributed by atoms with van der Waals surface area (Å²) < 4.78 is 13.5. The predicted octanol–water partition coefficient (Wildman–Crippen LogP) is 1.13. The number of pyridine rings is 1. The molecule has 0 saturated heterocycles. The molecule has 0 radical (unpaired) electrons. The summed E-state index contributed by atoms with van der Waals surface area (Å²) in [5, 5.41) is 11.8. The maximum Gasteiger partial charge on any atom is 0.326 e. The molecule has 2 aromatic rings. The molecule has 24 heavy (non-hydrogen) atoms. The van der Waals surface area contributed by atoms with Crippen molar-refractivity contribution in [1.82, 2.24) is 10.3 Å². The molecule has 126 valence electrons. The van der Waals surface area contributed by atoms with Crippen LogP contribution in [0, 0.1) is 12.7 Å². The number of hydrogen-bond donors (Lipinski definition) is 3. The Balaban J connectivity index is 2.34. The van der Waals surface area contributed by atoms with Crippen LogP contribution in [0.3, 0.4) is 0 Å². The van der Waals surface area contributed by atoms with Crippen molar-refractivity contribution in [3.05, 3.63) is 41.3 Å². The van der Waals surface area contributed by atoms with Crippen molar-refractivity contribution in [3.8, 4) is 0 Å². The quantitative estimate of drug-likeness (QED) is 0.731. The number of amides is 2. The minimum Gasteiger partial charge on any atom is -0.480 e. The van der Waals surface area contributed by atoms with Crippen LogP contribution in [0.4, 0.5) is 4.39 Å². The molecule has 7 nitrogen and oxygen atoms in total. The van der Waals surface area contributed by atoms with Crippen LogP contribution in [-0.2, 0) is 9.59 Å². The largest absolute Gasteiger partial charge is 0.480 e. The standard InChI is InChI=1S/C16H16FN3O4/c1-8-6-11(10-7-9(17)2-3-12(10)19-8)15(22)20-13(16(23)24)4-5-14(18)21/h2-3,6-7,13H,4-5H2,1H3,(H2,18,21)(H,20,22)(H,23,24). The number of aryl methyl sites for hydroxylation is 1. The van der Waals surface area contributed by atoms with Crippen molar-refractivity contribution in [1.29, 1.82) is 0 Å². The van der Waals surface area contributed by atoms with Crippen LogP contribution in [-0.4, -0.2) is 33.9 Å². The van der Waals surface area contributed by atoms with Gasteiger partial charge in [0.05, 0.1) is 11.1 Å². The van der Waals surface area contributed by atoms with E-state index in [1.807, 2.05) is 0 Å². The highest BCUT2D eigenvalue weighted by molar-refractivity contribution is 6.07. The second-order valence-electron chi connectivity index (χ2n) is 5.34. The Kier molecular flexibility index (Phi) is 5.08. The van der Waals surface area contributed by atoms with Gasteiger partial charge in [-0.2, -0.15) is 0 Å². The number of benzene rings is 1. The van der Waals surface area contributed by atoms with Crippen LogP contribution in [0.1, 0.15) is 28.9 Å². The van der Waals surface area contributed by atoms with Crippen molar-refractivity contribution in [2.75, 3.05) is 0 Å². The Bertz CT molecular complexity index is 822. The number of nitrogens with zero attached hydrogens (tertiary/aromatic N) is 1. The van der Waals surface area contributed by atoms with Crippen molar-refractivity contribution < 1.29 is 23.9 Å². The molecular weight excluding hydrogens is 317 g/mol. The van der Waals surface area contributed by atoms with Gasteiger partial charge in [-0.3, -0.25) is 14.6 Å². The van der Waals surface area contributed by atoms with E-state index in [9.17, 15) is 18.8 Å². The zero-order valence-corrected chi connectivity index (χ0v) is 12.9. The molecule has 0 bridgehead atoms. The number of carboxylic acid groups (broad SMARTS) is 1. The Morgan fingerprint density at radius 3 is 2.67 bits per heavy atom. The maximum atomic E-state index is 13.5. The molecule has 0 aliphatic rings. The number of carbonyl (C=O) groups excluding carboxylic acids is 2. The minimum atomic E-state index is -1.29. The Morgan fingerprint density at radius 2 is 2.04 bits per heavy atom. The van der Waals surface area contributed by atoms with Crippen molar-refractivity contribution in [2.45, 2.75) is 25.8 Å². The van der Waals surface area contributed by atoms with Crippen molar-refractivity contribution in [2.24, 2.45) is 5.73 Å². The highest BCUT2D eigenvalue weighted by atomic mass is 19.1. The molecule has 0 aliphatic carbocycles. The first-order valence-corrected chi connectivity index (χ1v) is 7.17. The topological polar surface area (TPSA) is 122 Å². The van der Waals surface area contributed by atoms with Gasteiger partial charge in [-0.05, 0) is 37.6 Å². The van der Waals surface area contributed by atoms with Gasteiger partial charge in [-0.15, -0.1) is 0 Å². The van der Waals surface area contributed by atoms with Gasteiger partial charge in [0.1, 0.15) is 11.9 Å². The molecule has 1 aromatic carbocycles. The van der Waals surface area contributed by atoms with E-state index >= 15 is 0 Å². The third kappa shape index (κ3) is 4.03. The van der Waals surface area contributed by atoms with E-state index in [4.69, 9.17) is 10.8 Å². The van der Waals surface area contributed by atoms with E-state index < -0.39 is 29.6 Å². The Morgan fingerprint density at radius 1 is 1.33 bits per heavy atom. The molecular formula is C16H16FN3O4. The van der Waals surface area contributed by atoms with E-state index in [0.717, 1.165) is 6.07 Å². The van der Waals surface area contributed by atoms with Crippen LogP contribution in [0.25, 0.3) is 10.9 Å². The molecule has 1 heterocycles. The third-order valence-electron chi connectivity index (χ3n) is 3.43. The van der Waals surface area contributed by atoms with Gasteiger partial charge >= 0.3 is 5.97 Å². The van der Waals surface area contributed by atoms with Crippen LogP contribution >= 0.6 is 0 Å². The van der Waals surface area contributed by atoms with Gasteiger partial charge in [0, 0.05) is 17.5 Å². The number of hydrogen-bond acceptors (Lipinski definition) is 4. The lowest BCUT2D eigenvalue weighted by Gasteiger charge is -2.15. The SMILES string of the molecule is Cc1cc(C(=O)NC(CCC(N)=O)C(=O)O)c2cc(F)ccc2n1. The molecule has 2 rings (SSSR count). The molecule has 0 aliphatic heterocycles. The van der Waals surface area contributed by atoms with Gasteiger partial charge in [0.25, 0.3) is 5.91 Å². The molecule has 8 heteroatoms. The lowest BCUT2D eigenvalue weighted by atomic mass is 10.1. The lowest BCUT2D eigenvalue weighted by molar-refractivity contribution is -0.139. The van der Waals surface area contributed by atoms with E-state index in [1.165, 1.54) is 18.2 Å². The second kappa shape index (κ2) is 7.03. The number of aliphatic carboxylic acids is 1. The smallest absolute Gasteiger partial charge is 0.326 e. The Hall–Kier alpha value is -3.03. The molecule has 4 N–H and O–H groups in total. The number of carboxylic acids is 1. The molecule has 1 atom stereocenters. The average Bonchev–Trinajstić information content (AvgIpc) is 2.50. The van der Waals surface area contributed by atoms with E-state index in [2.05, 4.69) is 10.3 Å². The minimum absolute atomic E-state index is 0.113. The van der Waals surface area contributed by atoms with Crippen LogP contribution in [0.2, 0.25) is 0 Å². The van der Waals surface area contributed by atoms with Gasteiger partial charge in [-0.1, -0.05) is 0 Å². The average molecular weight is 333 g/mol. The number of carbonyl (C=O) groups is 3. The number of nitrogens with one attached hydrogen (secondary N) is 1. The van der Waals surface area contributed by atoms with Crippen molar-refractivity contribution >= 4 is 28.7 Å². The van der Waals surface area contributed by atoms with E-state index in [1.54, 1.807) is 6.92 Å². The molecule has 0 fully saturated rings. The number of nitrogens with two attached hydrogens (primary N) is 1. The summed E-state index contributed by atoms with van der Waals surface area (Å²) in [5.41, 5.74) is 6.07. The normalized spacial score (nSPS) is 11.9. The summed E-state index contributed by atoms with van der Waals surface area (Å²) in [6, 6.07) is 4.00. The van der Waals surface area contributed by atoms with Gasteiger partial charge in [-0.25, -0.2) is 9.18 Å². The number of rotatable bonds is 6. The van der Waals surface area contributed by atoms with E-state index in [0.29, 0.717) is 11.2 Å². The summed E-state index contributed by atoms with van der Waals surface area (Å²) in [4.78, 5) is 38.7. The maximum absolute atomic E-state index is 13.5. The van der Waals surface area contributed by atoms with Gasteiger partial charge in [0.15, 0.2) is 0 Å². The molecule has 0 spiro atoms. The summed E-state index contributed by atoms with van der Waals surface area (Å²) in [6.07, 6.45) is -0.311. The van der Waals surface area contributed by atoms with E-state index in [-0.39, 0.29) is 23.8 Å². The highest BCUT2D eigenvalue weighted by Gasteiger charge is 2.22. The predicted molar refractivity (Wildman–Crippen MR) is 83.8 cm³/mol. The lowest BCUT2D eigenvalue weighted by Crippen LogP contribution is -2.41.